The van der Waals surface area contributed by atoms with E-state index in [0.29, 0.717) is 45.6 Å². The smallest absolute Gasteiger partial charge is 0.220 e. The fraction of sp³-hybridized carbons (Fsp3) is 0.455. The number of hydrogen-bond acceptors (Lipinski definition) is 5. The van der Waals surface area contributed by atoms with Gasteiger partial charge in [0.15, 0.2) is 0 Å². The lowest BCUT2D eigenvalue weighted by Gasteiger charge is -2.34. The van der Waals surface area contributed by atoms with Crippen molar-refractivity contribution in [1.29, 1.82) is 0 Å². The minimum atomic E-state index is -3.30. The second kappa shape index (κ2) is 11.1. The summed E-state index contributed by atoms with van der Waals surface area (Å²) in [6.45, 7) is 2.58. The van der Waals surface area contributed by atoms with E-state index >= 15 is 0 Å². The second-order valence-corrected chi connectivity index (χ2v) is 9.52. The fourth-order valence-corrected chi connectivity index (χ4v) is 5.02. The molecular weight excluding hydrogens is 400 g/mol. The predicted molar refractivity (Wildman–Crippen MR) is 119 cm³/mol. The van der Waals surface area contributed by atoms with Gasteiger partial charge < -0.3 is 10.2 Å². The number of nitrogens with one attached hydrogen (secondary N) is 1. The van der Waals surface area contributed by atoms with Crippen LogP contribution in [0.3, 0.4) is 0 Å². The van der Waals surface area contributed by atoms with Crippen molar-refractivity contribution in [1.82, 2.24) is 14.6 Å². The number of aromatic nitrogens is 1. The van der Waals surface area contributed by atoms with Gasteiger partial charge in [0, 0.05) is 45.3 Å². The first kappa shape index (κ1) is 22.2. The number of piperazine rings is 1. The molecule has 0 unspecified atom stereocenters. The lowest BCUT2D eigenvalue weighted by atomic mass is 10.1. The molecule has 30 heavy (non-hydrogen) atoms. The quantitative estimate of drug-likeness (QED) is 0.584. The zero-order valence-electron chi connectivity index (χ0n) is 17.2. The molecule has 7 nitrogen and oxygen atoms in total. The molecule has 2 aromatic rings. The maximum atomic E-state index is 12.6. The van der Waals surface area contributed by atoms with Crippen LogP contribution in [-0.2, 0) is 21.2 Å². The van der Waals surface area contributed by atoms with E-state index < -0.39 is 10.0 Å². The summed E-state index contributed by atoms with van der Waals surface area (Å²) in [4.78, 5) is 18.4. The Morgan fingerprint density at radius 3 is 2.40 bits per heavy atom. The van der Waals surface area contributed by atoms with Gasteiger partial charge >= 0.3 is 0 Å². The first-order chi connectivity index (χ1) is 14.5. The number of carbonyl (C=O) groups is 1. The van der Waals surface area contributed by atoms with Crippen LogP contribution in [0.15, 0.2) is 54.7 Å². The molecule has 0 bridgehead atoms. The summed E-state index contributed by atoms with van der Waals surface area (Å²) < 4.78 is 26.7. The van der Waals surface area contributed by atoms with Crippen LogP contribution in [0.2, 0.25) is 0 Å². The number of hydrogen-bond donors (Lipinski definition) is 1. The molecule has 0 aliphatic carbocycles. The molecule has 0 atom stereocenters. The fourth-order valence-electron chi connectivity index (χ4n) is 3.53. The molecule has 1 fully saturated rings. The number of carbonyl (C=O) groups excluding carboxylic acids is 1. The largest absolute Gasteiger partial charge is 0.356 e. The highest BCUT2D eigenvalue weighted by atomic mass is 32.2. The Hall–Kier alpha value is -2.45. The Balaban J connectivity index is 1.31. The maximum Gasteiger partial charge on any atom is 0.220 e. The van der Waals surface area contributed by atoms with E-state index in [1.807, 2.05) is 36.4 Å². The van der Waals surface area contributed by atoms with Crippen LogP contribution >= 0.6 is 0 Å². The molecular formula is C22H30N4O3S. The van der Waals surface area contributed by atoms with Gasteiger partial charge in [-0.2, -0.15) is 4.31 Å². The molecule has 1 amide bonds. The number of rotatable bonds is 10. The van der Waals surface area contributed by atoms with Crippen molar-refractivity contribution in [2.75, 3.05) is 43.4 Å². The molecule has 0 spiro atoms. The summed E-state index contributed by atoms with van der Waals surface area (Å²) in [7, 11) is -3.30. The molecule has 1 aliphatic heterocycles. The predicted octanol–water partition coefficient (Wildman–Crippen LogP) is 2.06. The maximum absolute atomic E-state index is 12.6. The number of nitrogens with zero attached hydrogens (tertiary/aromatic N) is 3. The van der Waals surface area contributed by atoms with E-state index in [1.54, 1.807) is 10.5 Å². The van der Waals surface area contributed by atoms with Gasteiger partial charge in [-0.15, -0.1) is 0 Å². The van der Waals surface area contributed by atoms with Gasteiger partial charge in [0.2, 0.25) is 15.9 Å². The number of aryl methyl sites for hydroxylation is 1. The van der Waals surface area contributed by atoms with E-state index in [-0.39, 0.29) is 11.7 Å². The van der Waals surface area contributed by atoms with Crippen molar-refractivity contribution < 1.29 is 13.2 Å². The zero-order chi connectivity index (χ0) is 21.2. The van der Waals surface area contributed by atoms with Crippen LogP contribution in [0, 0.1) is 0 Å². The van der Waals surface area contributed by atoms with Crippen molar-refractivity contribution in [3.63, 3.8) is 0 Å². The van der Waals surface area contributed by atoms with Gasteiger partial charge in [0.05, 0.1) is 5.75 Å². The van der Waals surface area contributed by atoms with E-state index in [9.17, 15) is 13.2 Å². The average Bonchev–Trinajstić information content (AvgIpc) is 2.78. The Labute approximate surface area is 179 Å². The van der Waals surface area contributed by atoms with Gasteiger partial charge in [-0.3, -0.25) is 4.79 Å². The second-order valence-electron chi connectivity index (χ2n) is 7.43. The molecule has 162 valence electrons. The number of benzene rings is 1. The van der Waals surface area contributed by atoms with Gasteiger partial charge in [0.25, 0.3) is 0 Å². The summed E-state index contributed by atoms with van der Waals surface area (Å²) in [5.41, 5.74) is 1.22. The molecule has 1 aliphatic rings. The van der Waals surface area contributed by atoms with E-state index in [4.69, 9.17) is 0 Å². The standard InChI is InChI=1S/C22H30N4O3S/c27-22(12-6-10-20-8-2-1-3-9-20)24-14-7-19-30(28,29)26-17-15-25(16-18-26)21-11-4-5-13-23-21/h1-5,8-9,11,13H,6-7,10,12,14-19H2,(H,24,27). The van der Waals surface area contributed by atoms with Gasteiger partial charge in [0.1, 0.15) is 5.82 Å². The summed E-state index contributed by atoms with van der Waals surface area (Å²) in [6, 6.07) is 15.8. The normalized spacial score (nSPS) is 15.1. The summed E-state index contributed by atoms with van der Waals surface area (Å²) in [5.74, 6) is 0.915. The molecule has 8 heteroatoms. The van der Waals surface area contributed by atoms with E-state index in [2.05, 4.69) is 27.3 Å². The van der Waals surface area contributed by atoms with Crippen molar-refractivity contribution >= 4 is 21.7 Å². The topological polar surface area (TPSA) is 82.6 Å². The highest BCUT2D eigenvalue weighted by Gasteiger charge is 2.26. The molecule has 3 rings (SSSR count). The van der Waals surface area contributed by atoms with E-state index in [0.717, 1.165) is 18.7 Å². The molecule has 1 saturated heterocycles. The third kappa shape index (κ3) is 6.81. The first-order valence-corrected chi connectivity index (χ1v) is 12.1. The van der Waals surface area contributed by atoms with Gasteiger partial charge in [-0.1, -0.05) is 36.4 Å². The third-order valence-corrected chi connectivity index (χ3v) is 7.18. The third-order valence-electron chi connectivity index (χ3n) is 5.22. The number of sulfonamides is 1. The van der Waals surface area contributed by atoms with Gasteiger partial charge in [-0.05, 0) is 37.0 Å². The van der Waals surface area contributed by atoms with Crippen molar-refractivity contribution in [2.24, 2.45) is 0 Å². The highest BCUT2D eigenvalue weighted by Crippen LogP contribution is 2.15. The SMILES string of the molecule is O=C(CCCc1ccccc1)NCCCS(=O)(=O)N1CCN(c2ccccn2)CC1. The molecule has 0 radical (unpaired) electrons. The number of anilines is 1. The summed E-state index contributed by atoms with van der Waals surface area (Å²) in [5, 5.41) is 2.83. The lowest BCUT2D eigenvalue weighted by molar-refractivity contribution is -0.121. The summed E-state index contributed by atoms with van der Waals surface area (Å²) >= 11 is 0. The van der Waals surface area contributed by atoms with Crippen LogP contribution in [0.4, 0.5) is 5.82 Å². The monoisotopic (exact) mass is 430 g/mol. The van der Waals surface area contributed by atoms with Crippen LogP contribution in [0.25, 0.3) is 0 Å². The lowest BCUT2D eigenvalue weighted by Crippen LogP contribution is -2.49. The van der Waals surface area contributed by atoms with Crippen molar-refractivity contribution in [3.05, 3.63) is 60.3 Å². The van der Waals surface area contributed by atoms with Crippen molar-refractivity contribution in [3.8, 4) is 0 Å². The van der Waals surface area contributed by atoms with Crippen LogP contribution < -0.4 is 10.2 Å². The molecule has 1 N–H and O–H groups in total. The average molecular weight is 431 g/mol. The number of amides is 1. The molecule has 0 saturated carbocycles. The van der Waals surface area contributed by atoms with Crippen LogP contribution in [0.5, 0.6) is 0 Å². The van der Waals surface area contributed by atoms with Crippen LogP contribution in [-0.4, -0.2) is 62.1 Å². The first-order valence-electron chi connectivity index (χ1n) is 10.5. The minimum Gasteiger partial charge on any atom is -0.356 e. The molecule has 1 aromatic heterocycles. The zero-order valence-corrected chi connectivity index (χ0v) is 18.1. The Morgan fingerprint density at radius 2 is 1.70 bits per heavy atom. The summed E-state index contributed by atoms with van der Waals surface area (Å²) in [6.07, 6.45) is 4.28. The van der Waals surface area contributed by atoms with Gasteiger partial charge in [-0.25, -0.2) is 13.4 Å². The minimum absolute atomic E-state index is 0.0210. The molecule has 2 heterocycles. The van der Waals surface area contributed by atoms with Crippen LogP contribution in [0.1, 0.15) is 24.8 Å². The number of pyridine rings is 1. The Kier molecular flexibility index (Phi) is 8.21. The Morgan fingerprint density at radius 1 is 0.967 bits per heavy atom. The molecule has 1 aromatic carbocycles. The van der Waals surface area contributed by atoms with Crippen molar-refractivity contribution in [2.45, 2.75) is 25.7 Å². The Bertz CT molecular complexity index is 883. The highest BCUT2D eigenvalue weighted by molar-refractivity contribution is 7.89. The van der Waals surface area contributed by atoms with E-state index in [1.165, 1.54) is 5.56 Å².